The molecule has 0 N–H and O–H groups in total. The summed E-state index contributed by atoms with van der Waals surface area (Å²) in [5.41, 5.74) is 1.50. The van der Waals surface area contributed by atoms with Crippen LogP contribution in [0.25, 0.3) is 0 Å². The third-order valence-corrected chi connectivity index (χ3v) is 6.15. The third-order valence-electron chi connectivity index (χ3n) is 6.15. The summed E-state index contributed by atoms with van der Waals surface area (Å²) in [5.74, 6) is 0. The van der Waals surface area contributed by atoms with Crippen LogP contribution in [0.15, 0.2) is 30.3 Å². The molecule has 1 spiro atoms. The maximum absolute atomic E-state index is 6.25. The van der Waals surface area contributed by atoms with Crippen LogP contribution in [0.3, 0.4) is 0 Å². The first-order valence-electron chi connectivity index (χ1n) is 10.1. The Hall–Kier alpha value is -0.940. The number of ether oxygens (including phenoxy) is 2. The molecule has 0 amide bonds. The Morgan fingerprint density at radius 3 is 2.52 bits per heavy atom. The summed E-state index contributed by atoms with van der Waals surface area (Å²) < 4.78 is 12.4. The second-order valence-corrected chi connectivity index (χ2v) is 8.00. The number of benzene rings is 1. The van der Waals surface area contributed by atoms with E-state index in [2.05, 4.69) is 40.1 Å². The van der Waals surface area contributed by atoms with Crippen molar-refractivity contribution in [2.45, 2.75) is 50.4 Å². The van der Waals surface area contributed by atoms with Gasteiger partial charge < -0.3 is 14.4 Å². The molecule has 3 saturated heterocycles. The van der Waals surface area contributed by atoms with Crippen LogP contribution in [0.1, 0.15) is 37.7 Å². The van der Waals surface area contributed by atoms with Gasteiger partial charge in [-0.2, -0.15) is 0 Å². The highest BCUT2D eigenvalue weighted by Crippen LogP contribution is 2.37. The summed E-state index contributed by atoms with van der Waals surface area (Å²) in [6.45, 7) is 8.59. The third kappa shape index (κ3) is 4.62. The minimum atomic E-state index is 0.0888. The van der Waals surface area contributed by atoms with E-state index in [1.807, 2.05) is 0 Å². The molecule has 138 valence electrons. The number of likely N-dealkylation sites (tertiary alicyclic amines) is 2. The van der Waals surface area contributed by atoms with Crippen LogP contribution in [-0.4, -0.2) is 67.4 Å². The van der Waals surface area contributed by atoms with E-state index < -0.39 is 0 Å². The maximum Gasteiger partial charge on any atom is 0.0836 e. The standard InChI is InChI=1S/C21H32N2O2/c1-2-6-19(7-3-1)17-23-12-8-21(9-13-23)16-20(18-25-21)24-15-14-22-10-4-5-11-22/h1-3,6-7,20H,4-5,8-18H2/t20-/m1/s1. The highest BCUT2D eigenvalue weighted by Gasteiger charge is 2.43. The van der Waals surface area contributed by atoms with Crippen LogP contribution < -0.4 is 0 Å². The van der Waals surface area contributed by atoms with Crippen molar-refractivity contribution in [1.82, 2.24) is 9.80 Å². The molecule has 3 fully saturated rings. The molecule has 3 aliphatic rings. The Labute approximate surface area is 152 Å². The topological polar surface area (TPSA) is 24.9 Å². The number of hydrogen-bond donors (Lipinski definition) is 0. The molecule has 0 radical (unpaired) electrons. The van der Waals surface area contributed by atoms with Crippen LogP contribution >= 0.6 is 0 Å². The summed E-state index contributed by atoms with van der Waals surface area (Å²) in [5, 5.41) is 0. The van der Waals surface area contributed by atoms with Crippen molar-refractivity contribution >= 4 is 0 Å². The van der Waals surface area contributed by atoms with Crippen molar-refractivity contribution in [3.05, 3.63) is 35.9 Å². The minimum absolute atomic E-state index is 0.0888. The van der Waals surface area contributed by atoms with E-state index in [9.17, 15) is 0 Å². The van der Waals surface area contributed by atoms with Crippen molar-refractivity contribution in [3.63, 3.8) is 0 Å². The summed E-state index contributed by atoms with van der Waals surface area (Å²) in [6, 6.07) is 10.8. The van der Waals surface area contributed by atoms with E-state index in [-0.39, 0.29) is 5.60 Å². The molecule has 0 aromatic heterocycles. The predicted molar refractivity (Wildman–Crippen MR) is 99.7 cm³/mol. The summed E-state index contributed by atoms with van der Waals surface area (Å²) in [7, 11) is 0. The van der Waals surface area contributed by atoms with Crippen molar-refractivity contribution in [2.24, 2.45) is 0 Å². The van der Waals surface area contributed by atoms with Crippen LogP contribution in [0.4, 0.5) is 0 Å². The average Bonchev–Trinajstić information content (AvgIpc) is 3.29. The van der Waals surface area contributed by atoms with Gasteiger partial charge in [0.1, 0.15) is 0 Å². The summed E-state index contributed by atoms with van der Waals surface area (Å²) in [6.07, 6.45) is 6.40. The van der Waals surface area contributed by atoms with Gasteiger partial charge in [-0.25, -0.2) is 0 Å². The fraction of sp³-hybridized carbons (Fsp3) is 0.714. The molecule has 0 aliphatic carbocycles. The Kier molecular flexibility index (Phi) is 5.71. The monoisotopic (exact) mass is 344 g/mol. The quantitative estimate of drug-likeness (QED) is 0.792. The van der Waals surface area contributed by atoms with Crippen molar-refractivity contribution in [2.75, 3.05) is 45.9 Å². The first-order chi connectivity index (χ1) is 12.3. The first kappa shape index (κ1) is 17.5. The molecule has 1 aromatic rings. The number of hydrogen-bond acceptors (Lipinski definition) is 4. The van der Waals surface area contributed by atoms with Crippen LogP contribution in [-0.2, 0) is 16.0 Å². The van der Waals surface area contributed by atoms with Crippen LogP contribution in [0, 0.1) is 0 Å². The van der Waals surface area contributed by atoms with Gasteiger partial charge in [-0.3, -0.25) is 4.90 Å². The Morgan fingerprint density at radius 1 is 1.00 bits per heavy atom. The zero-order valence-electron chi connectivity index (χ0n) is 15.4. The Balaban J connectivity index is 1.18. The molecule has 0 unspecified atom stereocenters. The van der Waals surface area contributed by atoms with Gasteiger partial charge in [0.2, 0.25) is 0 Å². The smallest absolute Gasteiger partial charge is 0.0836 e. The van der Waals surface area contributed by atoms with Gasteiger partial charge in [0.25, 0.3) is 0 Å². The van der Waals surface area contributed by atoms with Crippen LogP contribution in [0.5, 0.6) is 0 Å². The van der Waals surface area contributed by atoms with Gasteiger partial charge in [0.05, 0.1) is 24.9 Å². The minimum Gasteiger partial charge on any atom is -0.374 e. The van der Waals surface area contributed by atoms with Gasteiger partial charge in [-0.15, -0.1) is 0 Å². The lowest BCUT2D eigenvalue weighted by Crippen LogP contribution is -2.44. The number of piperidine rings is 1. The molecule has 0 saturated carbocycles. The van der Waals surface area contributed by atoms with Gasteiger partial charge in [0.15, 0.2) is 0 Å². The highest BCUT2D eigenvalue weighted by molar-refractivity contribution is 5.14. The SMILES string of the molecule is c1ccc(CN2CCC3(CC2)C[C@@H](OCCN2CCCC2)CO3)cc1. The van der Waals surface area contributed by atoms with E-state index >= 15 is 0 Å². The van der Waals surface area contributed by atoms with Crippen LogP contribution in [0.2, 0.25) is 0 Å². The molecular weight excluding hydrogens is 312 g/mol. The van der Waals surface area contributed by atoms with Crippen molar-refractivity contribution in [3.8, 4) is 0 Å². The van der Waals surface area contributed by atoms with Gasteiger partial charge in [-0.1, -0.05) is 30.3 Å². The average molecular weight is 344 g/mol. The summed E-state index contributed by atoms with van der Waals surface area (Å²) in [4.78, 5) is 5.08. The molecule has 0 bridgehead atoms. The maximum atomic E-state index is 6.25. The van der Waals surface area contributed by atoms with Gasteiger partial charge in [0, 0.05) is 32.6 Å². The number of nitrogens with zero attached hydrogens (tertiary/aromatic N) is 2. The molecule has 3 heterocycles. The van der Waals surface area contributed by atoms with Crippen molar-refractivity contribution in [1.29, 1.82) is 0 Å². The Morgan fingerprint density at radius 2 is 1.76 bits per heavy atom. The molecule has 4 heteroatoms. The molecule has 25 heavy (non-hydrogen) atoms. The molecular formula is C21H32N2O2. The molecule has 1 aromatic carbocycles. The fourth-order valence-electron chi connectivity index (χ4n) is 4.57. The van der Waals surface area contributed by atoms with Gasteiger partial charge >= 0.3 is 0 Å². The van der Waals surface area contributed by atoms with E-state index in [1.165, 1.54) is 31.5 Å². The Bertz CT molecular complexity index is 522. The van der Waals surface area contributed by atoms with E-state index in [0.29, 0.717) is 6.10 Å². The zero-order valence-corrected chi connectivity index (χ0v) is 15.4. The first-order valence-corrected chi connectivity index (χ1v) is 10.1. The molecule has 1 atom stereocenters. The second kappa shape index (κ2) is 8.17. The fourth-order valence-corrected chi connectivity index (χ4v) is 4.57. The second-order valence-electron chi connectivity index (χ2n) is 8.00. The van der Waals surface area contributed by atoms with Gasteiger partial charge in [-0.05, 0) is 44.3 Å². The lowest BCUT2D eigenvalue weighted by Gasteiger charge is -2.38. The lowest BCUT2D eigenvalue weighted by atomic mass is 9.88. The normalized spacial score (nSPS) is 27.3. The molecule has 4 nitrogen and oxygen atoms in total. The molecule has 4 rings (SSSR count). The zero-order chi connectivity index (χ0) is 17.0. The summed E-state index contributed by atoms with van der Waals surface area (Å²) >= 11 is 0. The largest absolute Gasteiger partial charge is 0.374 e. The number of rotatable bonds is 6. The van der Waals surface area contributed by atoms with E-state index in [4.69, 9.17) is 9.47 Å². The van der Waals surface area contributed by atoms with E-state index in [1.54, 1.807) is 0 Å². The molecule has 3 aliphatic heterocycles. The van der Waals surface area contributed by atoms with E-state index in [0.717, 1.165) is 58.7 Å². The predicted octanol–water partition coefficient (Wildman–Crippen LogP) is 2.92. The lowest BCUT2D eigenvalue weighted by molar-refractivity contribution is -0.0467. The highest BCUT2D eigenvalue weighted by atomic mass is 16.6. The van der Waals surface area contributed by atoms with Crippen molar-refractivity contribution < 1.29 is 9.47 Å².